The third-order valence-electron chi connectivity index (χ3n) is 3.82. The summed E-state index contributed by atoms with van der Waals surface area (Å²) in [5, 5.41) is 5.67. The summed E-state index contributed by atoms with van der Waals surface area (Å²) in [5.74, 6) is 0.574. The lowest BCUT2D eigenvalue weighted by Crippen LogP contribution is -2.57. The Kier molecular flexibility index (Phi) is 3.92. The molecule has 2 aromatic heterocycles. The van der Waals surface area contributed by atoms with E-state index in [1.807, 2.05) is 35.7 Å². The second kappa shape index (κ2) is 6.37. The van der Waals surface area contributed by atoms with Gasteiger partial charge >= 0.3 is 0 Å². The molecule has 24 heavy (non-hydrogen) atoms. The van der Waals surface area contributed by atoms with Crippen LogP contribution in [0.15, 0.2) is 54.2 Å². The van der Waals surface area contributed by atoms with Crippen molar-refractivity contribution < 1.29 is 4.79 Å². The van der Waals surface area contributed by atoms with E-state index in [2.05, 4.69) is 20.3 Å². The molecule has 1 saturated heterocycles. The first kappa shape index (κ1) is 14.8. The second-order valence-corrected chi connectivity index (χ2v) is 6.39. The molecule has 3 aromatic rings. The Bertz CT molecular complexity index is 830. The van der Waals surface area contributed by atoms with Crippen molar-refractivity contribution in [3.63, 3.8) is 0 Å². The molecule has 0 saturated carbocycles. The molecule has 0 unspecified atom stereocenters. The van der Waals surface area contributed by atoms with Crippen molar-refractivity contribution in [1.29, 1.82) is 0 Å². The highest BCUT2D eigenvalue weighted by molar-refractivity contribution is 7.12. The number of carbonyl (C=O) groups is 1. The first-order valence-corrected chi connectivity index (χ1v) is 8.51. The van der Waals surface area contributed by atoms with E-state index in [9.17, 15) is 4.79 Å². The number of nitrogens with zero attached hydrogens (tertiary/aromatic N) is 4. The Morgan fingerprint density at radius 3 is 2.62 bits per heavy atom. The van der Waals surface area contributed by atoms with Gasteiger partial charge in [-0.05, 0) is 6.07 Å². The number of aromatic nitrogens is 3. The molecule has 120 valence electrons. The highest BCUT2D eigenvalue weighted by Gasteiger charge is 2.32. The lowest BCUT2D eigenvalue weighted by atomic mass is 10.1. The summed E-state index contributed by atoms with van der Waals surface area (Å²) in [4.78, 5) is 27.0. The lowest BCUT2D eigenvalue weighted by Gasteiger charge is -2.38. The Morgan fingerprint density at radius 1 is 1.12 bits per heavy atom. The molecule has 1 N–H and O–H groups in total. The Balaban J connectivity index is 1.37. The van der Waals surface area contributed by atoms with Crippen molar-refractivity contribution in [2.45, 2.75) is 6.04 Å². The van der Waals surface area contributed by atoms with Gasteiger partial charge < -0.3 is 10.2 Å². The molecular weight excluding hydrogens is 322 g/mol. The zero-order valence-electron chi connectivity index (χ0n) is 12.8. The highest BCUT2D eigenvalue weighted by Crippen LogP contribution is 2.24. The van der Waals surface area contributed by atoms with Crippen LogP contribution in [-0.2, 0) is 0 Å². The van der Waals surface area contributed by atoms with E-state index in [-0.39, 0.29) is 11.9 Å². The predicted octanol–water partition coefficient (Wildman–Crippen LogP) is 2.54. The van der Waals surface area contributed by atoms with Gasteiger partial charge in [0.15, 0.2) is 5.01 Å². The van der Waals surface area contributed by atoms with Crippen LogP contribution < -0.4 is 5.32 Å². The van der Waals surface area contributed by atoms with E-state index in [1.54, 1.807) is 23.4 Å². The van der Waals surface area contributed by atoms with Crippen LogP contribution in [0, 0.1) is 0 Å². The van der Waals surface area contributed by atoms with Crippen molar-refractivity contribution in [3.8, 4) is 11.3 Å². The van der Waals surface area contributed by atoms with Crippen LogP contribution in [0.5, 0.6) is 0 Å². The van der Waals surface area contributed by atoms with Crippen LogP contribution in [-0.4, -0.2) is 44.9 Å². The minimum atomic E-state index is -0.0192. The molecule has 1 amide bonds. The summed E-state index contributed by atoms with van der Waals surface area (Å²) >= 11 is 1.39. The number of thiazole rings is 1. The van der Waals surface area contributed by atoms with Gasteiger partial charge in [-0.15, -0.1) is 11.3 Å². The van der Waals surface area contributed by atoms with Gasteiger partial charge in [0.05, 0.1) is 11.7 Å². The largest absolute Gasteiger partial charge is 0.348 e. The highest BCUT2D eigenvalue weighted by atomic mass is 32.1. The van der Waals surface area contributed by atoms with E-state index in [0.717, 1.165) is 11.3 Å². The zero-order chi connectivity index (χ0) is 16.4. The summed E-state index contributed by atoms with van der Waals surface area (Å²) < 4.78 is 0. The number of likely N-dealkylation sites (tertiary alicyclic amines) is 1. The maximum Gasteiger partial charge on any atom is 0.282 e. The fraction of sp³-hybridized carbons (Fsp3) is 0.176. The van der Waals surface area contributed by atoms with Crippen molar-refractivity contribution in [2.75, 3.05) is 18.4 Å². The van der Waals surface area contributed by atoms with Crippen molar-refractivity contribution >= 4 is 23.2 Å². The molecule has 4 rings (SSSR count). The number of carbonyl (C=O) groups excluding carboxylic acids is 1. The molecule has 1 aliphatic rings. The van der Waals surface area contributed by atoms with Crippen LogP contribution in [0.4, 0.5) is 5.95 Å². The smallest absolute Gasteiger partial charge is 0.282 e. The number of rotatable bonds is 4. The fourth-order valence-electron chi connectivity index (χ4n) is 2.54. The van der Waals surface area contributed by atoms with E-state index in [0.29, 0.717) is 24.0 Å². The number of nitrogens with one attached hydrogen (secondary N) is 1. The molecule has 1 fully saturated rings. The first-order chi connectivity index (χ1) is 11.8. The number of hydrogen-bond donors (Lipinski definition) is 1. The maximum absolute atomic E-state index is 12.5. The standard InChI is InChI=1S/C17H15N5OS/c23-16(15-21-14(11-24-15)12-5-2-1-3-6-12)22-9-13(10-22)20-17-18-7-4-8-19-17/h1-8,11,13H,9-10H2,(H,18,19,20). The van der Waals surface area contributed by atoms with Gasteiger partial charge in [0.25, 0.3) is 5.91 Å². The van der Waals surface area contributed by atoms with Gasteiger partial charge in [-0.1, -0.05) is 30.3 Å². The second-order valence-electron chi connectivity index (χ2n) is 5.53. The van der Waals surface area contributed by atoms with Gasteiger partial charge in [0.1, 0.15) is 0 Å². The van der Waals surface area contributed by atoms with Crippen LogP contribution in [0.1, 0.15) is 9.80 Å². The summed E-state index contributed by atoms with van der Waals surface area (Å²) in [6, 6.07) is 11.8. The summed E-state index contributed by atoms with van der Waals surface area (Å²) in [7, 11) is 0. The van der Waals surface area contributed by atoms with E-state index >= 15 is 0 Å². The number of amides is 1. The zero-order valence-corrected chi connectivity index (χ0v) is 13.6. The molecule has 3 heterocycles. The molecular formula is C17H15N5OS. The molecule has 7 heteroatoms. The molecule has 0 aliphatic carbocycles. The van der Waals surface area contributed by atoms with Gasteiger partial charge in [-0.2, -0.15) is 0 Å². The average Bonchev–Trinajstić information content (AvgIpc) is 3.09. The number of hydrogen-bond acceptors (Lipinski definition) is 6. The SMILES string of the molecule is O=C(c1nc(-c2ccccc2)cs1)N1CC(Nc2ncccn2)C1. The first-order valence-electron chi connectivity index (χ1n) is 7.63. The van der Waals surface area contributed by atoms with Gasteiger partial charge in [0.2, 0.25) is 5.95 Å². The van der Waals surface area contributed by atoms with Crippen molar-refractivity contribution in [3.05, 3.63) is 59.2 Å². The molecule has 0 spiro atoms. The molecule has 6 nitrogen and oxygen atoms in total. The van der Waals surface area contributed by atoms with Gasteiger partial charge in [-0.25, -0.2) is 15.0 Å². The minimum Gasteiger partial charge on any atom is -0.348 e. The number of anilines is 1. The van der Waals surface area contributed by atoms with E-state index < -0.39 is 0 Å². The minimum absolute atomic E-state index is 0.0192. The molecule has 0 atom stereocenters. The van der Waals surface area contributed by atoms with Crippen molar-refractivity contribution in [2.24, 2.45) is 0 Å². The fourth-order valence-corrected chi connectivity index (χ4v) is 3.33. The summed E-state index contributed by atoms with van der Waals surface area (Å²) in [5.41, 5.74) is 1.87. The average molecular weight is 337 g/mol. The normalized spacial score (nSPS) is 14.2. The third kappa shape index (κ3) is 2.98. The topological polar surface area (TPSA) is 71.0 Å². The quantitative estimate of drug-likeness (QED) is 0.792. The molecule has 0 radical (unpaired) electrons. The van der Waals surface area contributed by atoms with Crippen LogP contribution in [0.3, 0.4) is 0 Å². The summed E-state index contributed by atoms with van der Waals surface area (Å²) in [6.07, 6.45) is 3.38. The summed E-state index contributed by atoms with van der Waals surface area (Å²) in [6.45, 7) is 1.27. The van der Waals surface area contributed by atoms with Crippen molar-refractivity contribution in [1.82, 2.24) is 19.9 Å². The Labute approximate surface area is 143 Å². The van der Waals surface area contributed by atoms with Crippen LogP contribution >= 0.6 is 11.3 Å². The Morgan fingerprint density at radius 2 is 1.88 bits per heavy atom. The lowest BCUT2D eigenvalue weighted by molar-refractivity contribution is 0.0624. The van der Waals surface area contributed by atoms with Crippen LogP contribution in [0.2, 0.25) is 0 Å². The van der Waals surface area contributed by atoms with E-state index in [1.165, 1.54) is 11.3 Å². The van der Waals surface area contributed by atoms with Crippen LogP contribution in [0.25, 0.3) is 11.3 Å². The molecule has 1 aromatic carbocycles. The number of benzene rings is 1. The Hall–Kier alpha value is -2.80. The predicted molar refractivity (Wildman–Crippen MR) is 92.9 cm³/mol. The van der Waals surface area contributed by atoms with Gasteiger partial charge in [0, 0.05) is 36.4 Å². The molecule has 1 aliphatic heterocycles. The maximum atomic E-state index is 12.5. The van der Waals surface area contributed by atoms with E-state index in [4.69, 9.17) is 0 Å². The molecule has 0 bridgehead atoms. The third-order valence-corrected chi connectivity index (χ3v) is 4.65. The monoisotopic (exact) mass is 337 g/mol. The van der Waals surface area contributed by atoms with Gasteiger partial charge in [-0.3, -0.25) is 4.79 Å².